The summed E-state index contributed by atoms with van der Waals surface area (Å²) in [6, 6.07) is 15.6. The number of rotatable bonds is 9. The molecule has 1 heterocycles. The molecular weight excluding hydrogens is 488 g/mol. The first-order valence-corrected chi connectivity index (χ1v) is 13.8. The van der Waals surface area contributed by atoms with E-state index in [9.17, 15) is 18.0 Å². The number of sulfonamides is 1. The summed E-state index contributed by atoms with van der Waals surface area (Å²) in [6.07, 6.45) is 3.59. The van der Waals surface area contributed by atoms with Crippen LogP contribution in [0, 0.1) is 0 Å². The molecule has 1 N–H and O–H groups in total. The maximum Gasteiger partial charge on any atom is 0.341 e. The van der Waals surface area contributed by atoms with Crippen molar-refractivity contribution in [1.29, 1.82) is 0 Å². The molecule has 184 valence electrons. The monoisotopic (exact) mass is 514 g/mol. The molecule has 0 spiro atoms. The number of carbonyl (C=O) groups excluding carboxylic acids is 2. The van der Waals surface area contributed by atoms with Crippen molar-refractivity contribution in [3.63, 3.8) is 0 Å². The number of nitrogens with zero attached hydrogens (tertiary/aromatic N) is 1. The predicted molar refractivity (Wildman–Crippen MR) is 136 cm³/mol. The Labute approximate surface area is 208 Å². The normalized spacial score (nSPS) is 12.6. The van der Waals surface area contributed by atoms with E-state index in [0.717, 1.165) is 40.3 Å². The lowest BCUT2D eigenvalue weighted by molar-refractivity contribution is -0.114. The number of benzene rings is 2. The number of hydrogen-bond donors (Lipinski definition) is 1. The Bertz CT molecular complexity index is 1320. The molecule has 0 unspecified atom stereocenters. The molecule has 0 fully saturated rings. The first kappa shape index (κ1) is 24.7. The van der Waals surface area contributed by atoms with Crippen LogP contribution in [0.4, 0.5) is 10.7 Å². The predicted octanol–water partition coefficient (Wildman–Crippen LogP) is 4.61. The average molecular weight is 515 g/mol. The summed E-state index contributed by atoms with van der Waals surface area (Å²) in [5.41, 5.74) is 1.62. The smallest absolute Gasteiger partial charge is 0.341 e. The Hall–Kier alpha value is -3.37. The third-order valence-corrected chi connectivity index (χ3v) is 7.79. The standard InChI is InChI=1S/C25H26N2O6S2/c1-3-32-25(29)23-20-10-7-11-21(20)34-24(23)26-22(28)16-27(35(2,30)31)17-12-14-19(15-13-17)33-18-8-5-4-6-9-18/h4-6,8-9,12-15H,3,7,10-11,16H2,1-2H3,(H,26,28). The topological polar surface area (TPSA) is 102 Å². The fourth-order valence-electron chi connectivity index (χ4n) is 3.91. The second kappa shape index (κ2) is 10.5. The average Bonchev–Trinajstić information content (AvgIpc) is 3.39. The summed E-state index contributed by atoms with van der Waals surface area (Å²) in [5, 5.41) is 3.14. The van der Waals surface area contributed by atoms with Gasteiger partial charge in [0.1, 0.15) is 23.0 Å². The molecule has 4 rings (SSSR count). The van der Waals surface area contributed by atoms with Gasteiger partial charge >= 0.3 is 5.97 Å². The molecule has 0 saturated heterocycles. The Balaban J connectivity index is 1.51. The SMILES string of the molecule is CCOC(=O)c1c(NC(=O)CN(c2ccc(Oc3ccccc3)cc2)S(C)(=O)=O)sc2c1CCC2. The number of thiophene rings is 1. The molecule has 1 aromatic heterocycles. The number of amides is 1. The van der Waals surface area contributed by atoms with Crippen molar-refractivity contribution in [2.45, 2.75) is 26.2 Å². The molecule has 0 aliphatic heterocycles. The lowest BCUT2D eigenvalue weighted by Gasteiger charge is -2.22. The summed E-state index contributed by atoms with van der Waals surface area (Å²) in [7, 11) is -3.77. The molecule has 8 nitrogen and oxygen atoms in total. The van der Waals surface area contributed by atoms with Crippen LogP contribution in [0.3, 0.4) is 0 Å². The van der Waals surface area contributed by atoms with Crippen molar-refractivity contribution in [3.05, 3.63) is 70.6 Å². The quantitative estimate of drug-likeness (QED) is 0.419. The summed E-state index contributed by atoms with van der Waals surface area (Å²) >= 11 is 1.35. The van der Waals surface area contributed by atoms with E-state index in [4.69, 9.17) is 9.47 Å². The lowest BCUT2D eigenvalue weighted by Crippen LogP contribution is -2.37. The summed E-state index contributed by atoms with van der Waals surface area (Å²) < 4.78 is 37.0. The van der Waals surface area contributed by atoms with Crippen molar-refractivity contribution in [3.8, 4) is 11.5 Å². The van der Waals surface area contributed by atoms with Gasteiger partial charge in [0.05, 0.1) is 24.1 Å². The van der Waals surface area contributed by atoms with Crippen molar-refractivity contribution in [2.75, 3.05) is 29.0 Å². The van der Waals surface area contributed by atoms with E-state index >= 15 is 0 Å². The first-order valence-electron chi connectivity index (χ1n) is 11.2. The minimum Gasteiger partial charge on any atom is -0.462 e. The maximum atomic E-state index is 12.9. The molecule has 0 radical (unpaired) electrons. The molecule has 0 bridgehead atoms. The van der Waals surface area contributed by atoms with Crippen LogP contribution in [-0.4, -0.2) is 39.7 Å². The van der Waals surface area contributed by atoms with E-state index in [2.05, 4.69) is 5.32 Å². The van der Waals surface area contributed by atoms with Gasteiger partial charge in [-0.1, -0.05) is 18.2 Å². The minimum absolute atomic E-state index is 0.225. The van der Waals surface area contributed by atoms with E-state index in [1.807, 2.05) is 30.3 Å². The van der Waals surface area contributed by atoms with Crippen molar-refractivity contribution >= 4 is 43.9 Å². The van der Waals surface area contributed by atoms with Crippen LogP contribution in [0.5, 0.6) is 11.5 Å². The zero-order valence-corrected chi connectivity index (χ0v) is 21.1. The highest BCUT2D eigenvalue weighted by Crippen LogP contribution is 2.39. The molecule has 1 aliphatic carbocycles. The Kier molecular flexibility index (Phi) is 7.42. The molecule has 0 atom stereocenters. The van der Waals surface area contributed by atoms with Crippen molar-refractivity contribution in [2.24, 2.45) is 0 Å². The Morgan fingerprint density at radius 1 is 1.03 bits per heavy atom. The number of para-hydroxylation sites is 1. The molecule has 10 heteroatoms. The molecule has 0 saturated carbocycles. The van der Waals surface area contributed by atoms with Gasteiger partial charge in [-0.25, -0.2) is 13.2 Å². The van der Waals surface area contributed by atoms with E-state index in [-0.39, 0.29) is 6.61 Å². The molecule has 1 aliphatic rings. The largest absolute Gasteiger partial charge is 0.462 e. The van der Waals surface area contributed by atoms with Gasteiger partial charge in [-0.2, -0.15) is 0 Å². The molecule has 1 amide bonds. The summed E-state index contributed by atoms with van der Waals surface area (Å²) in [6.45, 7) is 1.51. The molecule has 3 aromatic rings. The third-order valence-electron chi connectivity index (χ3n) is 5.44. The van der Waals surface area contributed by atoms with Gasteiger partial charge in [-0.15, -0.1) is 11.3 Å². The zero-order valence-electron chi connectivity index (χ0n) is 19.4. The van der Waals surface area contributed by atoms with Crippen LogP contribution in [0.1, 0.15) is 34.1 Å². The molecular formula is C25H26N2O6S2. The number of ether oxygens (including phenoxy) is 2. The zero-order chi connectivity index (χ0) is 25.0. The number of carbonyl (C=O) groups is 2. The molecule has 35 heavy (non-hydrogen) atoms. The fourth-order valence-corrected chi connectivity index (χ4v) is 6.06. The first-order chi connectivity index (χ1) is 16.8. The van der Waals surface area contributed by atoms with Crippen LogP contribution < -0.4 is 14.4 Å². The second-order valence-corrected chi connectivity index (χ2v) is 11.0. The Morgan fingerprint density at radius 2 is 1.71 bits per heavy atom. The molecule has 2 aromatic carbocycles. The summed E-state index contributed by atoms with van der Waals surface area (Å²) in [4.78, 5) is 26.5. The van der Waals surface area contributed by atoms with E-state index < -0.39 is 28.4 Å². The summed E-state index contributed by atoms with van der Waals surface area (Å²) in [5.74, 6) is 0.159. The van der Waals surface area contributed by atoms with Gasteiger partial charge in [0.2, 0.25) is 15.9 Å². The van der Waals surface area contributed by atoms with Gasteiger partial charge < -0.3 is 14.8 Å². The van der Waals surface area contributed by atoms with Crippen LogP contribution in [0.15, 0.2) is 54.6 Å². The van der Waals surface area contributed by atoms with E-state index in [1.54, 1.807) is 31.2 Å². The number of nitrogens with one attached hydrogen (secondary N) is 1. The van der Waals surface area contributed by atoms with E-state index in [0.29, 0.717) is 27.8 Å². The van der Waals surface area contributed by atoms with Gasteiger partial charge in [0.15, 0.2) is 0 Å². The highest BCUT2D eigenvalue weighted by Gasteiger charge is 2.29. The van der Waals surface area contributed by atoms with Gasteiger partial charge in [-0.05, 0) is 68.1 Å². The van der Waals surface area contributed by atoms with Crippen LogP contribution in [0.25, 0.3) is 0 Å². The van der Waals surface area contributed by atoms with Crippen molar-refractivity contribution < 1.29 is 27.5 Å². The Morgan fingerprint density at radius 3 is 2.37 bits per heavy atom. The van der Waals surface area contributed by atoms with Crippen molar-refractivity contribution in [1.82, 2.24) is 0 Å². The number of aryl methyl sites for hydroxylation is 1. The number of anilines is 2. The van der Waals surface area contributed by atoms with Gasteiger partial charge in [0, 0.05) is 4.88 Å². The number of hydrogen-bond acceptors (Lipinski definition) is 7. The van der Waals surface area contributed by atoms with Crippen LogP contribution in [0.2, 0.25) is 0 Å². The highest BCUT2D eigenvalue weighted by atomic mass is 32.2. The lowest BCUT2D eigenvalue weighted by atomic mass is 10.1. The third kappa shape index (κ3) is 5.83. The number of fused-ring (bicyclic) bond motifs is 1. The van der Waals surface area contributed by atoms with Gasteiger partial charge in [-0.3, -0.25) is 9.10 Å². The maximum absolute atomic E-state index is 12.9. The highest BCUT2D eigenvalue weighted by molar-refractivity contribution is 7.92. The second-order valence-electron chi connectivity index (χ2n) is 8.01. The fraction of sp³-hybridized carbons (Fsp3) is 0.280. The van der Waals surface area contributed by atoms with E-state index in [1.165, 1.54) is 11.3 Å². The van der Waals surface area contributed by atoms with Crippen LogP contribution in [-0.2, 0) is 32.4 Å². The van der Waals surface area contributed by atoms with Crippen LogP contribution >= 0.6 is 11.3 Å². The van der Waals surface area contributed by atoms with Gasteiger partial charge in [0.25, 0.3) is 0 Å². The number of esters is 1. The minimum atomic E-state index is -3.77.